The van der Waals surface area contributed by atoms with Crippen molar-refractivity contribution >= 4 is 0 Å². The molecule has 1 aromatic carbocycles. The Bertz CT molecular complexity index is 474. The third kappa shape index (κ3) is 2.68. The van der Waals surface area contributed by atoms with Crippen LogP contribution in [0.15, 0.2) is 36.7 Å². The van der Waals surface area contributed by atoms with Crippen LogP contribution in [0.1, 0.15) is 28.3 Å². The summed E-state index contributed by atoms with van der Waals surface area (Å²) in [6.07, 6.45) is 4.25. The summed E-state index contributed by atoms with van der Waals surface area (Å²) in [6, 6.07) is 8.23. The van der Waals surface area contributed by atoms with Crippen LogP contribution in [-0.4, -0.2) is 10.2 Å². The number of hydrogen-bond acceptors (Lipinski definition) is 3. The quantitative estimate of drug-likeness (QED) is 0.875. The Hall–Kier alpha value is -1.74. The average Bonchev–Trinajstić information content (AvgIpc) is 2.35. The van der Waals surface area contributed by atoms with Gasteiger partial charge in [-0.05, 0) is 48.6 Å². The van der Waals surface area contributed by atoms with Crippen molar-refractivity contribution in [3.8, 4) is 0 Å². The Morgan fingerprint density at radius 3 is 2.41 bits per heavy atom. The first-order chi connectivity index (χ1) is 8.18. The summed E-state index contributed by atoms with van der Waals surface area (Å²) < 4.78 is 0. The van der Waals surface area contributed by atoms with Crippen LogP contribution in [0.3, 0.4) is 0 Å². The van der Waals surface area contributed by atoms with Gasteiger partial charge in [-0.25, -0.2) is 0 Å². The maximum Gasteiger partial charge on any atom is 0.0544 e. The van der Waals surface area contributed by atoms with Crippen LogP contribution in [0.25, 0.3) is 0 Å². The van der Waals surface area contributed by atoms with E-state index < -0.39 is 0 Å². The van der Waals surface area contributed by atoms with E-state index in [4.69, 9.17) is 5.73 Å². The van der Waals surface area contributed by atoms with Crippen LogP contribution in [0.2, 0.25) is 0 Å². The van der Waals surface area contributed by atoms with Crippen LogP contribution in [0.4, 0.5) is 0 Å². The standard InChI is InChI=1S/C14H17N3/c1-10-4-3-5-11(2)13(10)8-14(15)12-6-7-16-17-9-12/h3-7,9,14H,8,15H2,1-2H3. The fourth-order valence-corrected chi connectivity index (χ4v) is 2.03. The lowest BCUT2D eigenvalue weighted by molar-refractivity contribution is 0.707. The molecule has 1 aromatic heterocycles. The molecule has 0 aliphatic rings. The van der Waals surface area contributed by atoms with Gasteiger partial charge >= 0.3 is 0 Å². The van der Waals surface area contributed by atoms with Gasteiger partial charge in [0.25, 0.3) is 0 Å². The first-order valence-corrected chi connectivity index (χ1v) is 5.75. The monoisotopic (exact) mass is 227 g/mol. The van der Waals surface area contributed by atoms with E-state index in [1.807, 2.05) is 6.07 Å². The van der Waals surface area contributed by atoms with Crippen LogP contribution >= 0.6 is 0 Å². The van der Waals surface area contributed by atoms with Crippen molar-refractivity contribution in [2.45, 2.75) is 26.3 Å². The van der Waals surface area contributed by atoms with E-state index in [9.17, 15) is 0 Å². The van der Waals surface area contributed by atoms with Gasteiger partial charge in [0.1, 0.15) is 0 Å². The van der Waals surface area contributed by atoms with Gasteiger partial charge in [0.2, 0.25) is 0 Å². The van der Waals surface area contributed by atoms with Crippen LogP contribution in [0.5, 0.6) is 0 Å². The van der Waals surface area contributed by atoms with Gasteiger partial charge in [0, 0.05) is 12.2 Å². The molecule has 3 nitrogen and oxygen atoms in total. The molecule has 0 bridgehead atoms. The molecule has 1 heterocycles. The van der Waals surface area contributed by atoms with Crippen molar-refractivity contribution in [3.63, 3.8) is 0 Å². The van der Waals surface area contributed by atoms with E-state index in [2.05, 4.69) is 42.2 Å². The molecule has 2 N–H and O–H groups in total. The minimum Gasteiger partial charge on any atom is -0.324 e. The van der Waals surface area contributed by atoms with E-state index in [1.165, 1.54) is 16.7 Å². The lowest BCUT2D eigenvalue weighted by Gasteiger charge is -2.15. The zero-order valence-electron chi connectivity index (χ0n) is 10.2. The topological polar surface area (TPSA) is 51.8 Å². The first kappa shape index (κ1) is 11.7. The molecule has 0 saturated carbocycles. The zero-order valence-corrected chi connectivity index (χ0v) is 10.2. The molecule has 0 aliphatic carbocycles. The van der Waals surface area contributed by atoms with Gasteiger partial charge in [0.15, 0.2) is 0 Å². The molecule has 0 fully saturated rings. The summed E-state index contributed by atoms with van der Waals surface area (Å²) in [7, 11) is 0. The van der Waals surface area contributed by atoms with Crippen molar-refractivity contribution < 1.29 is 0 Å². The van der Waals surface area contributed by atoms with Gasteiger partial charge in [0.05, 0.1) is 6.20 Å². The highest BCUT2D eigenvalue weighted by atomic mass is 15.1. The first-order valence-electron chi connectivity index (χ1n) is 5.75. The Kier molecular flexibility index (Phi) is 3.49. The van der Waals surface area contributed by atoms with Gasteiger partial charge in [-0.2, -0.15) is 10.2 Å². The normalized spacial score (nSPS) is 12.4. The number of aromatic nitrogens is 2. The van der Waals surface area contributed by atoms with Gasteiger partial charge in [-0.15, -0.1) is 0 Å². The number of nitrogens with two attached hydrogens (primary N) is 1. The zero-order chi connectivity index (χ0) is 12.3. The predicted octanol–water partition coefficient (Wildman–Crippen LogP) is 2.34. The number of benzene rings is 1. The number of nitrogens with zero attached hydrogens (tertiary/aromatic N) is 2. The number of rotatable bonds is 3. The van der Waals surface area contributed by atoms with Gasteiger partial charge in [-0.3, -0.25) is 0 Å². The highest BCUT2D eigenvalue weighted by Gasteiger charge is 2.10. The highest BCUT2D eigenvalue weighted by Crippen LogP contribution is 2.20. The SMILES string of the molecule is Cc1cccc(C)c1CC(N)c1ccnnc1. The molecule has 3 heteroatoms. The molecular formula is C14H17N3. The summed E-state index contributed by atoms with van der Waals surface area (Å²) >= 11 is 0. The fraction of sp³-hybridized carbons (Fsp3) is 0.286. The molecule has 0 aliphatic heterocycles. The molecule has 2 rings (SSSR count). The highest BCUT2D eigenvalue weighted by molar-refractivity contribution is 5.35. The van der Waals surface area contributed by atoms with E-state index in [0.29, 0.717) is 0 Å². The molecule has 1 unspecified atom stereocenters. The van der Waals surface area contributed by atoms with Crippen LogP contribution in [0, 0.1) is 13.8 Å². The second-order valence-corrected chi connectivity index (χ2v) is 4.36. The van der Waals surface area contributed by atoms with Crippen molar-refractivity contribution in [1.82, 2.24) is 10.2 Å². The predicted molar refractivity (Wildman–Crippen MR) is 68.6 cm³/mol. The summed E-state index contributed by atoms with van der Waals surface area (Å²) in [4.78, 5) is 0. The molecule has 0 amide bonds. The van der Waals surface area contributed by atoms with Crippen LogP contribution < -0.4 is 5.73 Å². The second-order valence-electron chi connectivity index (χ2n) is 4.36. The Morgan fingerprint density at radius 2 is 1.82 bits per heavy atom. The van der Waals surface area contributed by atoms with Crippen molar-refractivity contribution in [2.75, 3.05) is 0 Å². The summed E-state index contributed by atoms with van der Waals surface area (Å²) in [5, 5.41) is 7.63. The van der Waals surface area contributed by atoms with Crippen molar-refractivity contribution in [1.29, 1.82) is 0 Å². The molecule has 0 radical (unpaired) electrons. The van der Waals surface area contributed by atoms with E-state index >= 15 is 0 Å². The van der Waals surface area contributed by atoms with Gasteiger partial charge in [-0.1, -0.05) is 18.2 Å². The minimum atomic E-state index is -0.0229. The third-order valence-electron chi connectivity index (χ3n) is 3.10. The maximum absolute atomic E-state index is 6.20. The van der Waals surface area contributed by atoms with Gasteiger partial charge < -0.3 is 5.73 Å². The Balaban J connectivity index is 2.22. The Labute approximate surface area is 102 Å². The lowest BCUT2D eigenvalue weighted by atomic mass is 9.94. The summed E-state index contributed by atoms with van der Waals surface area (Å²) in [5.41, 5.74) is 11.1. The average molecular weight is 227 g/mol. The number of hydrogen-bond donors (Lipinski definition) is 1. The molecular weight excluding hydrogens is 210 g/mol. The molecule has 17 heavy (non-hydrogen) atoms. The second kappa shape index (κ2) is 5.06. The Morgan fingerprint density at radius 1 is 1.12 bits per heavy atom. The van der Waals surface area contributed by atoms with Crippen molar-refractivity contribution in [3.05, 3.63) is 58.9 Å². The molecule has 1 atom stereocenters. The smallest absolute Gasteiger partial charge is 0.0544 e. The molecule has 88 valence electrons. The summed E-state index contributed by atoms with van der Waals surface area (Å²) in [5.74, 6) is 0. The molecule has 0 saturated heterocycles. The number of aryl methyl sites for hydroxylation is 2. The molecule has 2 aromatic rings. The molecule has 0 spiro atoms. The maximum atomic E-state index is 6.20. The summed E-state index contributed by atoms with van der Waals surface area (Å²) in [6.45, 7) is 4.25. The largest absolute Gasteiger partial charge is 0.324 e. The van der Waals surface area contributed by atoms with Crippen molar-refractivity contribution in [2.24, 2.45) is 5.73 Å². The lowest BCUT2D eigenvalue weighted by Crippen LogP contribution is -2.15. The minimum absolute atomic E-state index is 0.0229. The van der Waals surface area contributed by atoms with E-state index in [-0.39, 0.29) is 6.04 Å². The van der Waals surface area contributed by atoms with E-state index in [1.54, 1.807) is 12.4 Å². The third-order valence-corrected chi connectivity index (χ3v) is 3.10. The fourth-order valence-electron chi connectivity index (χ4n) is 2.03. The van der Waals surface area contributed by atoms with Crippen LogP contribution in [-0.2, 0) is 6.42 Å². The van der Waals surface area contributed by atoms with E-state index in [0.717, 1.165) is 12.0 Å².